The standard InChI is InChI=1S/C17H10ClF6N3/c18-13-8-4-2-6-11(13)14-25-15(27(26-14)9-16(19,20)21)10-5-1-3-7-12(10)17(22,23)24/h1-8H,9H2. The Hall–Kier alpha value is -2.55. The lowest BCUT2D eigenvalue weighted by Crippen LogP contribution is -2.20. The van der Waals surface area contributed by atoms with Crippen molar-refractivity contribution in [2.45, 2.75) is 18.9 Å². The average molecular weight is 406 g/mol. The molecule has 0 radical (unpaired) electrons. The SMILES string of the molecule is FC(F)(F)Cn1nc(-c2ccccc2Cl)nc1-c1ccccc1C(F)(F)F. The highest BCUT2D eigenvalue weighted by Gasteiger charge is 2.36. The van der Waals surface area contributed by atoms with Gasteiger partial charge in [-0.15, -0.1) is 0 Å². The fraction of sp³-hybridized carbons (Fsp3) is 0.176. The molecule has 0 aliphatic carbocycles. The summed E-state index contributed by atoms with van der Waals surface area (Å²) >= 11 is 6.01. The van der Waals surface area contributed by atoms with Gasteiger partial charge in [0.25, 0.3) is 0 Å². The van der Waals surface area contributed by atoms with E-state index in [0.29, 0.717) is 4.68 Å². The Kier molecular flexibility index (Phi) is 4.90. The van der Waals surface area contributed by atoms with Crippen molar-refractivity contribution in [1.29, 1.82) is 0 Å². The molecule has 0 aliphatic heterocycles. The summed E-state index contributed by atoms with van der Waals surface area (Å²) in [6.45, 7) is -1.59. The first-order chi connectivity index (χ1) is 12.6. The van der Waals surface area contributed by atoms with Crippen molar-refractivity contribution in [2.24, 2.45) is 0 Å². The zero-order valence-corrected chi connectivity index (χ0v) is 14.1. The molecule has 0 aliphatic rings. The molecule has 0 spiro atoms. The van der Waals surface area contributed by atoms with Crippen LogP contribution in [0.1, 0.15) is 5.56 Å². The van der Waals surface area contributed by atoms with E-state index in [1.807, 2.05) is 0 Å². The summed E-state index contributed by atoms with van der Waals surface area (Å²) in [5.41, 5.74) is -1.39. The van der Waals surface area contributed by atoms with Gasteiger partial charge in [0, 0.05) is 11.1 Å². The zero-order valence-electron chi connectivity index (χ0n) is 13.3. The van der Waals surface area contributed by atoms with Gasteiger partial charge in [0.05, 0.1) is 10.6 Å². The molecule has 2 aromatic carbocycles. The molecule has 3 nitrogen and oxygen atoms in total. The van der Waals surface area contributed by atoms with Crippen LogP contribution in [0.15, 0.2) is 48.5 Å². The molecule has 0 unspecified atom stereocenters. The number of benzene rings is 2. The third-order valence-electron chi connectivity index (χ3n) is 3.59. The van der Waals surface area contributed by atoms with Crippen molar-refractivity contribution in [3.63, 3.8) is 0 Å². The molecule has 0 saturated carbocycles. The Morgan fingerprint density at radius 3 is 2.04 bits per heavy atom. The molecular formula is C17H10ClF6N3. The van der Waals surface area contributed by atoms with E-state index < -0.39 is 35.8 Å². The van der Waals surface area contributed by atoms with Gasteiger partial charge in [-0.25, -0.2) is 9.67 Å². The maximum atomic E-state index is 13.3. The largest absolute Gasteiger partial charge is 0.417 e. The van der Waals surface area contributed by atoms with Gasteiger partial charge in [-0.2, -0.15) is 31.4 Å². The van der Waals surface area contributed by atoms with Crippen LogP contribution in [0.25, 0.3) is 22.8 Å². The summed E-state index contributed by atoms with van der Waals surface area (Å²) in [6.07, 6.45) is -9.47. The topological polar surface area (TPSA) is 30.7 Å². The number of aromatic nitrogens is 3. The third kappa shape index (κ3) is 4.24. The average Bonchev–Trinajstić information content (AvgIpc) is 2.96. The highest BCUT2D eigenvalue weighted by Crippen LogP contribution is 2.38. The predicted octanol–water partition coefficient (Wildman–Crippen LogP) is 5.85. The Balaban J connectivity index is 2.22. The molecule has 1 heterocycles. The summed E-state index contributed by atoms with van der Waals surface area (Å²) in [4.78, 5) is 3.94. The van der Waals surface area contributed by atoms with E-state index in [0.717, 1.165) is 18.2 Å². The first-order valence-corrected chi connectivity index (χ1v) is 7.87. The second kappa shape index (κ2) is 6.88. The lowest BCUT2D eigenvalue weighted by Gasteiger charge is -2.13. The van der Waals surface area contributed by atoms with E-state index in [1.165, 1.54) is 18.2 Å². The number of hydrogen-bond acceptors (Lipinski definition) is 2. The summed E-state index contributed by atoms with van der Waals surface area (Å²) in [7, 11) is 0. The first-order valence-electron chi connectivity index (χ1n) is 7.49. The second-order valence-corrected chi connectivity index (χ2v) is 5.96. The number of nitrogens with zero attached hydrogens (tertiary/aromatic N) is 3. The minimum Gasteiger partial charge on any atom is -0.236 e. The maximum Gasteiger partial charge on any atom is 0.417 e. The van der Waals surface area contributed by atoms with Gasteiger partial charge in [0.1, 0.15) is 6.54 Å². The molecule has 10 heteroatoms. The Bertz CT molecular complexity index is 962. The predicted molar refractivity (Wildman–Crippen MR) is 87.0 cm³/mol. The lowest BCUT2D eigenvalue weighted by molar-refractivity contribution is -0.142. The summed E-state index contributed by atoms with van der Waals surface area (Å²) in [5, 5.41) is 3.92. The van der Waals surface area contributed by atoms with Crippen LogP contribution in [0.2, 0.25) is 5.02 Å². The number of halogens is 7. The van der Waals surface area contributed by atoms with Gasteiger partial charge in [-0.1, -0.05) is 41.9 Å². The highest BCUT2D eigenvalue weighted by atomic mass is 35.5. The van der Waals surface area contributed by atoms with Crippen LogP contribution in [0.3, 0.4) is 0 Å². The third-order valence-corrected chi connectivity index (χ3v) is 3.92. The van der Waals surface area contributed by atoms with Crippen LogP contribution >= 0.6 is 11.6 Å². The van der Waals surface area contributed by atoms with E-state index >= 15 is 0 Å². The Morgan fingerprint density at radius 2 is 1.44 bits per heavy atom. The van der Waals surface area contributed by atoms with Crippen molar-refractivity contribution in [1.82, 2.24) is 14.8 Å². The van der Waals surface area contributed by atoms with Gasteiger partial charge in [-0.05, 0) is 18.2 Å². The zero-order chi connectivity index (χ0) is 19.8. The number of rotatable bonds is 3. The van der Waals surface area contributed by atoms with Crippen LogP contribution < -0.4 is 0 Å². The van der Waals surface area contributed by atoms with Gasteiger partial charge in [0.15, 0.2) is 11.6 Å². The van der Waals surface area contributed by atoms with Crippen molar-refractivity contribution in [3.05, 3.63) is 59.1 Å². The van der Waals surface area contributed by atoms with E-state index in [-0.39, 0.29) is 16.4 Å². The second-order valence-electron chi connectivity index (χ2n) is 5.56. The van der Waals surface area contributed by atoms with Crippen LogP contribution in [-0.4, -0.2) is 20.9 Å². The molecule has 1 aromatic heterocycles. The lowest BCUT2D eigenvalue weighted by atomic mass is 10.1. The van der Waals surface area contributed by atoms with Crippen molar-refractivity contribution < 1.29 is 26.3 Å². The van der Waals surface area contributed by atoms with Gasteiger partial charge in [0.2, 0.25) is 0 Å². The van der Waals surface area contributed by atoms with Crippen LogP contribution in [0, 0.1) is 0 Å². The van der Waals surface area contributed by atoms with Crippen molar-refractivity contribution >= 4 is 11.6 Å². The van der Waals surface area contributed by atoms with Crippen molar-refractivity contribution in [3.8, 4) is 22.8 Å². The Morgan fingerprint density at radius 1 is 0.852 bits per heavy atom. The van der Waals surface area contributed by atoms with Crippen molar-refractivity contribution in [2.75, 3.05) is 0 Å². The molecular weight excluding hydrogens is 396 g/mol. The fourth-order valence-electron chi connectivity index (χ4n) is 2.50. The quantitative estimate of drug-likeness (QED) is 0.512. The molecule has 3 aromatic rings. The van der Waals surface area contributed by atoms with Crippen LogP contribution in [-0.2, 0) is 12.7 Å². The molecule has 0 amide bonds. The fourth-order valence-corrected chi connectivity index (χ4v) is 2.72. The van der Waals surface area contributed by atoms with Gasteiger partial charge in [-0.3, -0.25) is 0 Å². The van der Waals surface area contributed by atoms with E-state index in [9.17, 15) is 26.3 Å². The molecule has 0 saturated heterocycles. The van der Waals surface area contributed by atoms with Gasteiger partial charge >= 0.3 is 12.4 Å². The number of alkyl halides is 6. The van der Waals surface area contributed by atoms with E-state index in [4.69, 9.17) is 11.6 Å². The summed E-state index contributed by atoms with van der Waals surface area (Å²) in [5.74, 6) is -0.744. The summed E-state index contributed by atoms with van der Waals surface area (Å²) < 4.78 is 79.1. The monoisotopic (exact) mass is 405 g/mol. The van der Waals surface area contributed by atoms with E-state index in [1.54, 1.807) is 12.1 Å². The summed E-state index contributed by atoms with van der Waals surface area (Å²) in [6, 6.07) is 10.4. The Labute approximate surface area is 154 Å². The first kappa shape index (κ1) is 19.2. The van der Waals surface area contributed by atoms with Crippen LogP contribution in [0.4, 0.5) is 26.3 Å². The minimum atomic E-state index is -4.77. The molecule has 0 atom stereocenters. The molecule has 3 rings (SSSR count). The molecule has 142 valence electrons. The molecule has 27 heavy (non-hydrogen) atoms. The normalized spacial score (nSPS) is 12.4. The molecule has 0 N–H and O–H groups in total. The smallest absolute Gasteiger partial charge is 0.236 e. The van der Waals surface area contributed by atoms with E-state index in [2.05, 4.69) is 10.1 Å². The van der Waals surface area contributed by atoms with Gasteiger partial charge < -0.3 is 0 Å². The minimum absolute atomic E-state index is 0.164. The maximum absolute atomic E-state index is 13.3. The highest BCUT2D eigenvalue weighted by molar-refractivity contribution is 6.33. The van der Waals surface area contributed by atoms with Crippen LogP contribution in [0.5, 0.6) is 0 Å². The molecule has 0 bridgehead atoms. The molecule has 0 fully saturated rings. The number of hydrogen-bond donors (Lipinski definition) is 0.